The maximum Gasteiger partial charge on any atom is 0.303 e. The molecule has 1 saturated heterocycles. The van der Waals surface area contributed by atoms with Crippen molar-refractivity contribution in [3.05, 3.63) is 64.3 Å². The number of thioether (sulfide) groups is 1. The molecule has 0 spiro atoms. The third kappa shape index (κ3) is 7.73. The Hall–Kier alpha value is -3.26. The average Bonchev–Trinajstić information content (AvgIpc) is 3.35. The van der Waals surface area contributed by atoms with Gasteiger partial charge in [0.25, 0.3) is 0 Å². The molecule has 0 saturated carbocycles. The van der Waals surface area contributed by atoms with Crippen LogP contribution >= 0.6 is 35.0 Å². The Kier molecular flexibility index (Phi) is 9.84. The van der Waals surface area contributed by atoms with Crippen LogP contribution in [0, 0.1) is 11.6 Å². The van der Waals surface area contributed by atoms with Crippen molar-refractivity contribution >= 4 is 52.9 Å². The van der Waals surface area contributed by atoms with Crippen molar-refractivity contribution < 1.29 is 42.1 Å². The van der Waals surface area contributed by atoms with Crippen molar-refractivity contribution in [1.29, 1.82) is 0 Å². The number of hydrogen-bond donors (Lipinski definition) is 0. The number of rotatable bonds is 8. The largest absolute Gasteiger partial charge is 0.463 e. The van der Waals surface area contributed by atoms with E-state index in [2.05, 4.69) is 10.3 Å². The molecule has 5 unspecified atom stereocenters. The van der Waals surface area contributed by atoms with Crippen LogP contribution in [0.5, 0.6) is 0 Å². The first-order valence-corrected chi connectivity index (χ1v) is 13.7. The highest BCUT2D eigenvalue weighted by Crippen LogP contribution is 2.42. The molecule has 0 bridgehead atoms. The SMILES string of the molecule is CC(=O)OCC1OC(Sc2ccc(Cl)c(Cl)c2)C(OC(C)=O)C(n2cc(-c3cc(F)cc(F)c3)nn2)C1OC(C)=O. The molecule has 1 fully saturated rings. The summed E-state index contributed by atoms with van der Waals surface area (Å²) >= 11 is 13.4. The summed E-state index contributed by atoms with van der Waals surface area (Å²) in [6.07, 6.45) is -2.07. The van der Waals surface area contributed by atoms with Crippen LogP contribution in [0.25, 0.3) is 11.3 Å². The molecule has 1 aliphatic heterocycles. The lowest BCUT2D eigenvalue weighted by atomic mass is 9.96. The molecule has 5 atom stereocenters. The average molecular weight is 630 g/mol. The number of halogens is 4. The molecule has 41 heavy (non-hydrogen) atoms. The molecule has 2 heterocycles. The Morgan fingerprint density at radius 1 is 0.951 bits per heavy atom. The van der Waals surface area contributed by atoms with Gasteiger partial charge in [0.15, 0.2) is 12.2 Å². The Balaban J connectivity index is 1.81. The summed E-state index contributed by atoms with van der Waals surface area (Å²) in [6.45, 7) is 3.23. The van der Waals surface area contributed by atoms with Crippen LogP contribution in [0.2, 0.25) is 10.0 Å². The van der Waals surface area contributed by atoms with Crippen molar-refractivity contribution in [3.63, 3.8) is 0 Å². The summed E-state index contributed by atoms with van der Waals surface area (Å²) in [5.74, 6) is -3.65. The molecule has 0 radical (unpaired) electrons. The second kappa shape index (κ2) is 13.1. The lowest BCUT2D eigenvalue weighted by Gasteiger charge is -2.44. The van der Waals surface area contributed by atoms with Gasteiger partial charge in [-0.15, -0.1) is 5.10 Å². The van der Waals surface area contributed by atoms with Crippen molar-refractivity contribution in [2.75, 3.05) is 6.61 Å². The van der Waals surface area contributed by atoms with Crippen LogP contribution < -0.4 is 0 Å². The number of ether oxygens (including phenoxy) is 4. The topological polar surface area (TPSA) is 119 Å². The second-order valence-corrected chi connectivity index (χ2v) is 10.9. The molecule has 4 rings (SSSR count). The standard InChI is InChI=1S/C26H23Cl2F2N3O7S/c1-12(34)37-11-22-24(38-13(2)35)23(33-10-21(31-32-33)15-6-16(29)8-17(30)7-15)25(39-14(3)36)26(40-22)41-18-4-5-19(27)20(28)9-18/h4-10,22-26H,11H2,1-3H3. The van der Waals surface area contributed by atoms with Crippen LogP contribution in [0.4, 0.5) is 8.78 Å². The van der Waals surface area contributed by atoms with Gasteiger partial charge in [-0.1, -0.05) is 40.2 Å². The van der Waals surface area contributed by atoms with Crippen molar-refractivity contribution in [3.8, 4) is 11.3 Å². The van der Waals surface area contributed by atoms with Gasteiger partial charge in [-0.3, -0.25) is 14.4 Å². The third-order valence-electron chi connectivity index (χ3n) is 5.79. The quantitative estimate of drug-likeness (QED) is 0.248. The van der Waals surface area contributed by atoms with Gasteiger partial charge in [0.2, 0.25) is 0 Å². The first-order valence-electron chi connectivity index (χ1n) is 12.0. The van der Waals surface area contributed by atoms with Crippen LogP contribution in [0.15, 0.2) is 47.5 Å². The highest BCUT2D eigenvalue weighted by atomic mass is 35.5. The van der Waals surface area contributed by atoms with Crippen molar-refractivity contribution in [2.45, 2.75) is 55.5 Å². The summed E-state index contributed by atoms with van der Waals surface area (Å²) in [7, 11) is 0. The van der Waals surface area contributed by atoms with Crippen LogP contribution in [-0.2, 0) is 33.3 Å². The van der Waals surface area contributed by atoms with Gasteiger partial charge in [0, 0.05) is 37.3 Å². The minimum atomic E-state index is -1.21. The number of nitrogens with zero attached hydrogens (tertiary/aromatic N) is 3. The lowest BCUT2D eigenvalue weighted by molar-refractivity contribution is -0.212. The fraction of sp³-hybridized carbons (Fsp3) is 0.346. The van der Waals surface area contributed by atoms with Gasteiger partial charge < -0.3 is 18.9 Å². The Labute approximate surface area is 247 Å². The maximum atomic E-state index is 13.9. The number of esters is 3. The molecule has 1 aromatic heterocycles. The Morgan fingerprint density at radius 3 is 2.22 bits per heavy atom. The van der Waals surface area contributed by atoms with E-state index in [0.29, 0.717) is 16.0 Å². The number of carbonyl (C=O) groups is 3. The highest BCUT2D eigenvalue weighted by molar-refractivity contribution is 7.99. The van der Waals surface area contributed by atoms with E-state index >= 15 is 0 Å². The monoisotopic (exact) mass is 629 g/mol. The molecular formula is C26H23Cl2F2N3O7S. The molecule has 3 aromatic rings. The first-order chi connectivity index (χ1) is 19.4. The van der Waals surface area contributed by atoms with E-state index < -0.39 is 59.3 Å². The normalized spacial score (nSPS) is 22.2. The van der Waals surface area contributed by atoms with E-state index in [4.69, 9.17) is 42.1 Å². The van der Waals surface area contributed by atoms with Crippen LogP contribution in [0.1, 0.15) is 26.8 Å². The van der Waals surface area contributed by atoms with Crippen molar-refractivity contribution in [1.82, 2.24) is 15.0 Å². The fourth-order valence-corrected chi connectivity index (χ4v) is 5.73. The zero-order valence-corrected chi connectivity index (χ0v) is 24.1. The zero-order chi connectivity index (χ0) is 29.8. The van der Waals surface area contributed by atoms with Gasteiger partial charge in [-0.25, -0.2) is 13.5 Å². The number of benzene rings is 2. The van der Waals surface area contributed by atoms with Gasteiger partial charge in [0.05, 0.1) is 16.2 Å². The van der Waals surface area contributed by atoms with Gasteiger partial charge >= 0.3 is 17.9 Å². The molecule has 1 aliphatic rings. The minimum absolute atomic E-state index is 0.0864. The van der Waals surface area contributed by atoms with E-state index in [-0.39, 0.29) is 22.9 Å². The number of carbonyl (C=O) groups excluding carboxylic acids is 3. The summed E-state index contributed by atoms with van der Waals surface area (Å²) in [5.41, 5.74) is -0.803. The zero-order valence-electron chi connectivity index (χ0n) is 21.8. The summed E-state index contributed by atoms with van der Waals surface area (Å²) < 4.78 is 51.8. The molecule has 0 amide bonds. The van der Waals surface area contributed by atoms with E-state index in [9.17, 15) is 23.2 Å². The van der Waals surface area contributed by atoms with Gasteiger partial charge in [0.1, 0.15) is 41.5 Å². The van der Waals surface area contributed by atoms with Crippen molar-refractivity contribution in [2.24, 2.45) is 0 Å². The van der Waals surface area contributed by atoms with Gasteiger partial charge in [-0.05, 0) is 30.3 Å². The molecule has 0 N–H and O–H groups in total. The summed E-state index contributed by atoms with van der Waals surface area (Å²) in [6, 6.07) is 6.60. The van der Waals surface area contributed by atoms with E-state index in [1.807, 2.05) is 0 Å². The van der Waals surface area contributed by atoms with E-state index in [1.165, 1.54) is 31.6 Å². The molecule has 0 aliphatic carbocycles. The lowest BCUT2D eigenvalue weighted by Crippen LogP contribution is -2.57. The molecular weight excluding hydrogens is 607 g/mol. The Bertz CT molecular complexity index is 1440. The van der Waals surface area contributed by atoms with E-state index in [0.717, 1.165) is 23.9 Å². The first kappa shape index (κ1) is 30.7. The fourth-order valence-electron chi connectivity index (χ4n) is 4.22. The second-order valence-electron chi connectivity index (χ2n) is 8.92. The highest BCUT2D eigenvalue weighted by Gasteiger charge is 2.52. The minimum Gasteiger partial charge on any atom is -0.463 e. The van der Waals surface area contributed by atoms with Crippen LogP contribution in [-0.4, -0.2) is 63.3 Å². The van der Waals surface area contributed by atoms with Gasteiger partial charge in [-0.2, -0.15) is 0 Å². The molecule has 2 aromatic carbocycles. The molecule has 15 heteroatoms. The molecule has 10 nitrogen and oxygen atoms in total. The number of aromatic nitrogens is 3. The molecule has 218 valence electrons. The van der Waals surface area contributed by atoms with Crippen LogP contribution in [0.3, 0.4) is 0 Å². The maximum absolute atomic E-state index is 13.9. The summed E-state index contributed by atoms with van der Waals surface area (Å²) in [5, 5.41) is 8.74. The van der Waals surface area contributed by atoms with E-state index in [1.54, 1.807) is 18.2 Å². The predicted octanol–water partition coefficient (Wildman–Crippen LogP) is 5.01. The number of hydrogen-bond acceptors (Lipinski definition) is 10. The predicted molar refractivity (Wildman–Crippen MR) is 143 cm³/mol. The smallest absolute Gasteiger partial charge is 0.303 e. The Morgan fingerprint density at radius 2 is 1.61 bits per heavy atom. The summed E-state index contributed by atoms with van der Waals surface area (Å²) in [4.78, 5) is 36.7. The third-order valence-corrected chi connectivity index (χ3v) is 7.67.